The highest BCUT2D eigenvalue weighted by molar-refractivity contribution is 6.04. The smallest absolute Gasteiger partial charge is 0.268 e. The Morgan fingerprint density at radius 1 is 1.22 bits per heavy atom. The third-order valence-corrected chi connectivity index (χ3v) is 4.26. The zero-order chi connectivity index (χ0) is 19.6. The standard InChI is InChI=1S/C20H22N4O3/c1-13(2)24-12-15(11-21-24)22-19(25)18-14(3)9-10-23(20(18)26)16-7-5-6-8-17(16)27-4/h5-13H,1-4H3,(H,22,25). The van der Waals surface area contributed by atoms with Crippen LogP contribution in [0.1, 0.15) is 35.8 Å². The number of carbonyl (C=O) groups excluding carboxylic acids is 1. The van der Waals surface area contributed by atoms with Crippen molar-refractivity contribution in [2.24, 2.45) is 0 Å². The van der Waals surface area contributed by atoms with Crippen LogP contribution in [0.3, 0.4) is 0 Å². The molecule has 0 saturated heterocycles. The van der Waals surface area contributed by atoms with Crippen molar-refractivity contribution >= 4 is 11.6 Å². The molecule has 2 heterocycles. The lowest BCUT2D eigenvalue weighted by Gasteiger charge is -2.13. The van der Waals surface area contributed by atoms with Crippen molar-refractivity contribution in [2.75, 3.05) is 12.4 Å². The Morgan fingerprint density at radius 3 is 2.63 bits per heavy atom. The molecule has 0 atom stereocenters. The minimum Gasteiger partial charge on any atom is -0.495 e. The van der Waals surface area contributed by atoms with Crippen LogP contribution in [-0.4, -0.2) is 27.4 Å². The average Bonchev–Trinajstić information content (AvgIpc) is 3.10. The van der Waals surface area contributed by atoms with Crippen molar-refractivity contribution in [1.29, 1.82) is 0 Å². The monoisotopic (exact) mass is 366 g/mol. The Balaban J connectivity index is 2.00. The number of hydrogen-bond donors (Lipinski definition) is 1. The largest absolute Gasteiger partial charge is 0.495 e. The average molecular weight is 366 g/mol. The summed E-state index contributed by atoms with van der Waals surface area (Å²) in [6, 6.07) is 9.08. The van der Waals surface area contributed by atoms with Crippen LogP contribution in [0.2, 0.25) is 0 Å². The summed E-state index contributed by atoms with van der Waals surface area (Å²) >= 11 is 0. The maximum atomic E-state index is 13.0. The molecule has 1 aromatic carbocycles. The molecule has 0 spiro atoms. The van der Waals surface area contributed by atoms with Gasteiger partial charge in [0.25, 0.3) is 11.5 Å². The number of amides is 1. The number of nitrogens with zero attached hydrogens (tertiary/aromatic N) is 3. The zero-order valence-electron chi connectivity index (χ0n) is 15.8. The fraction of sp³-hybridized carbons (Fsp3) is 0.250. The highest BCUT2D eigenvalue weighted by Gasteiger charge is 2.18. The number of rotatable bonds is 5. The highest BCUT2D eigenvalue weighted by atomic mass is 16.5. The summed E-state index contributed by atoms with van der Waals surface area (Å²) in [5, 5.41) is 6.95. The van der Waals surface area contributed by atoms with E-state index in [4.69, 9.17) is 4.74 Å². The molecule has 1 N–H and O–H groups in total. The van der Waals surface area contributed by atoms with E-state index in [1.807, 2.05) is 26.0 Å². The molecule has 0 fully saturated rings. The topological polar surface area (TPSA) is 78.2 Å². The van der Waals surface area contributed by atoms with Crippen molar-refractivity contribution in [2.45, 2.75) is 26.8 Å². The molecule has 0 saturated carbocycles. The maximum Gasteiger partial charge on any atom is 0.268 e. The fourth-order valence-electron chi connectivity index (χ4n) is 2.80. The number of nitrogens with one attached hydrogen (secondary N) is 1. The van der Waals surface area contributed by atoms with E-state index < -0.39 is 11.5 Å². The SMILES string of the molecule is COc1ccccc1-n1ccc(C)c(C(=O)Nc2cnn(C(C)C)c2)c1=O. The highest BCUT2D eigenvalue weighted by Crippen LogP contribution is 2.21. The minimum atomic E-state index is -0.468. The first kappa shape index (κ1) is 18.4. The summed E-state index contributed by atoms with van der Waals surface area (Å²) in [5.74, 6) is 0.0816. The van der Waals surface area contributed by atoms with Crippen molar-refractivity contribution in [3.05, 3.63) is 70.4 Å². The lowest BCUT2D eigenvalue weighted by Crippen LogP contribution is -2.29. The first-order valence-corrected chi connectivity index (χ1v) is 8.63. The third kappa shape index (κ3) is 3.62. The van der Waals surface area contributed by atoms with Crippen molar-refractivity contribution in [1.82, 2.24) is 14.3 Å². The van der Waals surface area contributed by atoms with Gasteiger partial charge in [0.05, 0.1) is 24.7 Å². The summed E-state index contributed by atoms with van der Waals surface area (Å²) in [5.41, 5.74) is 1.39. The molecule has 0 aliphatic rings. The van der Waals surface area contributed by atoms with Crippen LogP contribution in [0.25, 0.3) is 5.69 Å². The van der Waals surface area contributed by atoms with Gasteiger partial charge in [0.1, 0.15) is 11.3 Å². The number of pyridine rings is 1. The molecule has 27 heavy (non-hydrogen) atoms. The Bertz CT molecular complexity index is 1030. The third-order valence-electron chi connectivity index (χ3n) is 4.26. The minimum absolute atomic E-state index is 0.0840. The molecule has 7 nitrogen and oxygen atoms in total. The predicted octanol–water partition coefficient (Wildman–Crippen LogP) is 3.18. The number of methoxy groups -OCH3 is 1. The second kappa shape index (κ2) is 7.49. The summed E-state index contributed by atoms with van der Waals surface area (Å²) in [4.78, 5) is 25.8. The van der Waals surface area contributed by atoms with E-state index in [9.17, 15) is 9.59 Å². The Labute approximate surface area is 157 Å². The van der Waals surface area contributed by atoms with Gasteiger partial charge in [-0.2, -0.15) is 5.10 Å². The number of para-hydroxylation sites is 2. The van der Waals surface area contributed by atoms with Gasteiger partial charge in [0.2, 0.25) is 0 Å². The second-order valence-electron chi connectivity index (χ2n) is 6.48. The van der Waals surface area contributed by atoms with Crippen LogP contribution in [0, 0.1) is 6.92 Å². The summed E-state index contributed by atoms with van der Waals surface area (Å²) in [6.07, 6.45) is 4.94. The van der Waals surface area contributed by atoms with Crippen LogP contribution < -0.4 is 15.6 Å². The van der Waals surface area contributed by atoms with Gasteiger partial charge in [-0.15, -0.1) is 0 Å². The molecule has 0 radical (unpaired) electrons. The van der Waals surface area contributed by atoms with Crippen molar-refractivity contribution in [3.8, 4) is 11.4 Å². The molecule has 0 unspecified atom stereocenters. The Hall–Kier alpha value is -3.35. The normalized spacial score (nSPS) is 10.9. The van der Waals surface area contributed by atoms with E-state index in [0.29, 0.717) is 22.7 Å². The van der Waals surface area contributed by atoms with Crippen LogP contribution in [0.4, 0.5) is 5.69 Å². The molecule has 0 aliphatic carbocycles. The number of aryl methyl sites for hydroxylation is 1. The van der Waals surface area contributed by atoms with E-state index in [2.05, 4.69) is 10.4 Å². The Kier molecular flexibility index (Phi) is 5.12. The predicted molar refractivity (Wildman–Crippen MR) is 104 cm³/mol. The van der Waals surface area contributed by atoms with Gasteiger partial charge < -0.3 is 10.1 Å². The first-order chi connectivity index (χ1) is 12.9. The van der Waals surface area contributed by atoms with Crippen LogP contribution >= 0.6 is 0 Å². The second-order valence-corrected chi connectivity index (χ2v) is 6.48. The number of carbonyl (C=O) groups is 1. The molecule has 1 amide bonds. The number of hydrogen-bond acceptors (Lipinski definition) is 4. The van der Waals surface area contributed by atoms with E-state index in [-0.39, 0.29) is 11.6 Å². The Morgan fingerprint density at radius 2 is 1.96 bits per heavy atom. The van der Waals surface area contributed by atoms with Crippen LogP contribution in [0.5, 0.6) is 5.75 Å². The lowest BCUT2D eigenvalue weighted by atomic mass is 10.1. The number of anilines is 1. The first-order valence-electron chi connectivity index (χ1n) is 8.63. The van der Waals surface area contributed by atoms with E-state index >= 15 is 0 Å². The zero-order valence-corrected chi connectivity index (χ0v) is 15.8. The molecule has 0 aliphatic heterocycles. The van der Waals surface area contributed by atoms with Gasteiger partial charge in [-0.3, -0.25) is 18.8 Å². The van der Waals surface area contributed by atoms with Crippen LogP contribution in [-0.2, 0) is 0 Å². The van der Waals surface area contributed by atoms with E-state index in [1.165, 1.54) is 11.7 Å². The molecule has 3 aromatic rings. The van der Waals surface area contributed by atoms with Gasteiger partial charge in [-0.1, -0.05) is 12.1 Å². The molecule has 0 bridgehead atoms. The van der Waals surface area contributed by atoms with Gasteiger partial charge in [-0.05, 0) is 44.5 Å². The van der Waals surface area contributed by atoms with Gasteiger partial charge in [-0.25, -0.2) is 0 Å². The van der Waals surface area contributed by atoms with Crippen LogP contribution in [0.15, 0.2) is 53.7 Å². The maximum absolute atomic E-state index is 13.0. The quantitative estimate of drug-likeness (QED) is 0.752. The summed E-state index contributed by atoms with van der Waals surface area (Å²) in [6.45, 7) is 5.72. The molecule has 7 heteroatoms. The van der Waals surface area contributed by atoms with Crippen molar-refractivity contribution < 1.29 is 9.53 Å². The van der Waals surface area contributed by atoms with Gasteiger partial charge >= 0.3 is 0 Å². The number of aromatic nitrogens is 3. The lowest BCUT2D eigenvalue weighted by molar-refractivity contribution is 0.102. The number of benzene rings is 1. The fourth-order valence-corrected chi connectivity index (χ4v) is 2.80. The molecular formula is C20H22N4O3. The van der Waals surface area contributed by atoms with E-state index in [1.54, 1.807) is 48.4 Å². The molecule has 2 aromatic heterocycles. The van der Waals surface area contributed by atoms with Gasteiger partial charge in [0, 0.05) is 18.4 Å². The van der Waals surface area contributed by atoms with Crippen molar-refractivity contribution in [3.63, 3.8) is 0 Å². The van der Waals surface area contributed by atoms with Gasteiger partial charge in [0.15, 0.2) is 0 Å². The summed E-state index contributed by atoms with van der Waals surface area (Å²) in [7, 11) is 1.54. The summed E-state index contributed by atoms with van der Waals surface area (Å²) < 4.78 is 8.49. The van der Waals surface area contributed by atoms with E-state index in [0.717, 1.165) is 0 Å². The molecular weight excluding hydrogens is 344 g/mol. The molecule has 3 rings (SSSR count). The molecule has 140 valence electrons. The number of ether oxygens (including phenoxy) is 1.